The second-order valence-electron chi connectivity index (χ2n) is 4.93. The van der Waals surface area contributed by atoms with Gasteiger partial charge in [-0.1, -0.05) is 26.0 Å². The fraction of sp³-hybridized carbons (Fsp3) is 0.600. The largest absolute Gasteiger partial charge is 0.496 e. The SMILES string of the molecule is CNC(CCCN)c1ccc(OC)c(C(C)C)c1. The van der Waals surface area contributed by atoms with Crippen LogP contribution < -0.4 is 15.8 Å². The number of hydrogen-bond donors (Lipinski definition) is 2. The van der Waals surface area contributed by atoms with Crippen LogP contribution >= 0.6 is 0 Å². The predicted octanol–water partition coefficient (Wildman–Crippen LogP) is 2.82. The number of nitrogens with two attached hydrogens (primary N) is 1. The molecule has 0 heterocycles. The van der Waals surface area contributed by atoms with Crippen molar-refractivity contribution in [2.45, 2.75) is 38.6 Å². The maximum absolute atomic E-state index is 5.59. The fourth-order valence-corrected chi connectivity index (χ4v) is 2.22. The standard InChI is InChI=1S/C15H26N2O/c1-11(2)13-10-12(7-8-15(13)18-4)14(17-3)6-5-9-16/h7-8,10-11,14,17H,5-6,9,16H2,1-4H3. The van der Waals surface area contributed by atoms with Gasteiger partial charge in [0, 0.05) is 6.04 Å². The van der Waals surface area contributed by atoms with Crippen molar-refractivity contribution < 1.29 is 4.74 Å². The molecule has 0 aliphatic carbocycles. The first-order valence-corrected chi connectivity index (χ1v) is 6.69. The number of nitrogens with one attached hydrogen (secondary N) is 1. The zero-order valence-electron chi connectivity index (χ0n) is 12.0. The molecular weight excluding hydrogens is 224 g/mol. The van der Waals surface area contributed by atoms with E-state index in [1.165, 1.54) is 11.1 Å². The van der Waals surface area contributed by atoms with Gasteiger partial charge in [0.15, 0.2) is 0 Å². The second kappa shape index (κ2) is 7.39. The van der Waals surface area contributed by atoms with Crippen LogP contribution in [0.2, 0.25) is 0 Å². The Labute approximate surface area is 111 Å². The van der Waals surface area contributed by atoms with Crippen LogP contribution in [0, 0.1) is 0 Å². The first kappa shape index (κ1) is 15.0. The van der Waals surface area contributed by atoms with Crippen LogP contribution in [0.15, 0.2) is 18.2 Å². The van der Waals surface area contributed by atoms with E-state index in [9.17, 15) is 0 Å². The maximum atomic E-state index is 5.59. The molecule has 0 aliphatic rings. The van der Waals surface area contributed by atoms with Gasteiger partial charge in [0.05, 0.1) is 7.11 Å². The summed E-state index contributed by atoms with van der Waals surface area (Å²) in [6.45, 7) is 5.12. The molecule has 102 valence electrons. The lowest BCUT2D eigenvalue weighted by Crippen LogP contribution is -2.18. The molecule has 0 bridgehead atoms. The zero-order valence-corrected chi connectivity index (χ0v) is 12.0. The van der Waals surface area contributed by atoms with E-state index in [2.05, 4.69) is 37.4 Å². The van der Waals surface area contributed by atoms with E-state index in [0.717, 1.165) is 25.1 Å². The van der Waals surface area contributed by atoms with Crippen LogP contribution in [-0.4, -0.2) is 20.7 Å². The van der Waals surface area contributed by atoms with Crippen molar-refractivity contribution in [2.75, 3.05) is 20.7 Å². The molecule has 1 aromatic carbocycles. The topological polar surface area (TPSA) is 47.3 Å². The van der Waals surface area contributed by atoms with Gasteiger partial charge in [-0.25, -0.2) is 0 Å². The van der Waals surface area contributed by atoms with Gasteiger partial charge in [-0.15, -0.1) is 0 Å². The van der Waals surface area contributed by atoms with E-state index >= 15 is 0 Å². The Morgan fingerprint density at radius 3 is 2.56 bits per heavy atom. The van der Waals surface area contributed by atoms with E-state index < -0.39 is 0 Å². The quantitative estimate of drug-likeness (QED) is 0.782. The summed E-state index contributed by atoms with van der Waals surface area (Å²) in [6, 6.07) is 6.83. The number of hydrogen-bond acceptors (Lipinski definition) is 3. The number of ether oxygens (including phenoxy) is 1. The second-order valence-corrected chi connectivity index (χ2v) is 4.93. The monoisotopic (exact) mass is 250 g/mol. The third kappa shape index (κ3) is 3.72. The summed E-state index contributed by atoms with van der Waals surface area (Å²) < 4.78 is 5.42. The molecule has 0 saturated heterocycles. The Balaban J connectivity index is 2.98. The zero-order chi connectivity index (χ0) is 13.5. The van der Waals surface area contributed by atoms with E-state index in [-0.39, 0.29) is 0 Å². The third-order valence-electron chi connectivity index (χ3n) is 3.32. The van der Waals surface area contributed by atoms with Crippen LogP contribution in [0.3, 0.4) is 0 Å². The molecule has 3 heteroatoms. The molecular formula is C15H26N2O. The van der Waals surface area contributed by atoms with Gasteiger partial charge in [0.1, 0.15) is 5.75 Å². The molecule has 1 atom stereocenters. The van der Waals surface area contributed by atoms with Crippen molar-refractivity contribution in [1.82, 2.24) is 5.32 Å². The van der Waals surface area contributed by atoms with E-state index in [1.54, 1.807) is 7.11 Å². The summed E-state index contributed by atoms with van der Waals surface area (Å²) in [5.74, 6) is 1.44. The molecule has 0 amide bonds. The highest BCUT2D eigenvalue weighted by atomic mass is 16.5. The first-order chi connectivity index (χ1) is 8.63. The van der Waals surface area contributed by atoms with Crippen molar-refractivity contribution in [1.29, 1.82) is 0 Å². The molecule has 0 radical (unpaired) electrons. The van der Waals surface area contributed by atoms with Crippen molar-refractivity contribution in [3.8, 4) is 5.75 Å². The molecule has 18 heavy (non-hydrogen) atoms. The Hall–Kier alpha value is -1.06. The minimum Gasteiger partial charge on any atom is -0.496 e. The van der Waals surface area contributed by atoms with Crippen LogP contribution in [-0.2, 0) is 0 Å². The number of methoxy groups -OCH3 is 1. The molecule has 0 fully saturated rings. The Kier molecular flexibility index (Phi) is 6.16. The van der Waals surface area contributed by atoms with Gasteiger partial charge in [-0.3, -0.25) is 0 Å². The Bertz CT molecular complexity index is 364. The smallest absolute Gasteiger partial charge is 0.122 e. The van der Waals surface area contributed by atoms with Crippen LogP contribution in [0.5, 0.6) is 5.75 Å². The van der Waals surface area contributed by atoms with Gasteiger partial charge in [-0.2, -0.15) is 0 Å². The van der Waals surface area contributed by atoms with Gasteiger partial charge in [-0.05, 0) is 49.5 Å². The Morgan fingerprint density at radius 2 is 2.06 bits per heavy atom. The molecule has 1 rings (SSSR count). The van der Waals surface area contributed by atoms with Crippen LogP contribution in [0.4, 0.5) is 0 Å². The highest BCUT2D eigenvalue weighted by Crippen LogP contribution is 2.30. The molecule has 3 N–H and O–H groups in total. The molecule has 3 nitrogen and oxygen atoms in total. The molecule has 1 aromatic rings. The first-order valence-electron chi connectivity index (χ1n) is 6.69. The van der Waals surface area contributed by atoms with Crippen molar-refractivity contribution >= 4 is 0 Å². The molecule has 0 aliphatic heterocycles. The lowest BCUT2D eigenvalue weighted by Gasteiger charge is -2.20. The minimum absolute atomic E-state index is 0.372. The molecule has 0 spiro atoms. The van der Waals surface area contributed by atoms with Crippen LogP contribution in [0.1, 0.15) is 49.8 Å². The summed E-state index contributed by atoms with van der Waals surface area (Å²) in [7, 11) is 3.73. The maximum Gasteiger partial charge on any atom is 0.122 e. The summed E-state index contributed by atoms with van der Waals surface area (Å²) in [4.78, 5) is 0. The summed E-state index contributed by atoms with van der Waals surface area (Å²) in [5, 5.41) is 3.36. The summed E-state index contributed by atoms with van der Waals surface area (Å²) in [6.07, 6.45) is 2.10. The fourth-order valence-electron chi connectivity index (χ4n) is 2.22. The van der Waals surface area contributed by atoms with Crippen LogP contribution in [0.25, 0.3) is 0 Å². The molecule has 0 saturated carbocycles. The van der Waals surface area contributed by atoms with Gasteiger partial charge < -0.3 is 15.8 Å². The average molecular weight is 250 g/mol. The van der Waals surface area contributed by atoms with Crippen molar-refractivity contribution in [3.05, 3.63) is 29.3 Å². The normalized spacial score (nSPS) is 12.8. The number of rotatable bonds is 7. The average Bonchev–Trinajstić information content (AvgIpc) is 2.39. The third-order valence-corrected chi connectivity index (χ3v) is 3.32. The lowest BCUT2D eigenvalue weighted by molar-refractivity contribution is 0.406. The number of benzene rings is 1. The van der Waals surface area contributed by atoms with E-state index in [1.807, 2.05) is 7.05 Å². The van der Waals surface area contributed by atoms with Gasteiger partial charge in [0.25, 0.3) is 0 Å². The highest BCUT2D eigenvalue weighted by Gasteiger charge is 2.13. The highest BCUT2D eigenvalue weighted by molar-refractivity contribution is 5.40. The molecule has 1 unspecified atom stereocenters. The van der Waals surface area contributed by atoms with Crippen molar-refractivity contribution in [3.63, 3.8) is 0 Å². The minimum atomic E-state index is 0.372. The lowest BCUT2D eigenvalue weighted by atomic mass is 9.95. The van der Waals surface area contributed by atoms with Gasteiger partial charge in [0.2, 0.25) is 0 Å². The van der Waals surface area contributed by atoms with E-state index in [0.29, 0.717) is 12.0 Å². The van der Waals surface area contributed by atoms with E-state index in [4.69, 9.17) is 10.5 Å². The summed E-state index contributed by atoms with van der Waals surface area (Å²) >= 11 is 0. The summed E-state index contributed by atoms with van der Waals surface area (Å²) in [5.41, 5.74) is 8.17. The predicted molar refractivity (Wildman–Crippen MR) is 77.2 cm³/mol. The molecule has 0 aromatic heterocycles. The Morgan fingerprint density at radius 1 is 1.33 bits per heavy atom. The van der Waals surface area contributed by atoms with Crippen molar-refractivity contribution in [2.24, 2.45) is 5.73 Å². The van der Waals surface area contributed by atoms with Gasteiger partial charge >= 0.3 is 0 Å².